The minimum Gasteiger partial charge on any atom is -0.394 e. The lowest BCUT2D eigenvalue weighted by Gasteiger charge is -2.28. The maximum atomic E-state index is 13.1. The Labute approximate surface area is 138 Å². The van der Waals surface area contributed by atoms with E-state index in [0.29, 0.717) is 5.56 Å². The van der Waals surface area contributed by atoms with Crippen molar-refractivity contribution in [1.82, 2.24) is 0 Å². The first-order chi connectivity index (χ1) is 11.4. The molecule has 0 heterocycles. The lowest BCUT2D eigenvalue weighted by molar-refractivity contribution is -0.443. The molecule has 0 aliphatic rings. The van der Waals surface area contributed by atoms with Gasteiger partial charge in [0.25, 0.3) is 0 Å². The van der Waals surface area contributed by atoms with E-state index in [2.05, 4.69) is 4.74 Å². The number of alkyl halides is 6. The maximum Gasteiger partial charge on any atom is 0.428 e. The van der Waals surface area contributed by atoms with Crippen molar-refractivity contribution in [3.05, 3.63) is 35.4 Å². The average Bonchev–Trinajstić information content (AvgIpc) is 2.52. The summed E-state index contributed by atoms with van der Waals surface area (Å²) in [6, 6.07) is 5.18. The molecule has 0 spiro atoms. The molecule has 5 nitrogen and oxygen atoms in total. The minimum atomic E-state index is -6.10. The number of halogens is 6. The summed E-state index contributed by atoms with van der Waals surface area (Å²) in [5, 5.41) is 25.5. The number of hydrogen-bond acceptors (Lipinski definition) is 5. The van der Waals surface area contributed by atoms with Gasteiger partial charge < -0.3 is 24.8 Å². The maximum absolute atomic E-state index is 13.1. The van der Waals surface area contributed by atoms with E-state index in [9.17, 15) is 26.3 Å². The second kappa shape index (κ2) is 8.32. The van der Waals surface area contributed by atoms with E-state index >= 15 is 0 Å². The molecule has 1 atom stereocenters. The predicted octanol–water partition coefficient (Wildman–Crippen LogP) is 1.89. The fraction of sp³-hybridized carbons (Fsp3) is 0.571. The van der Waals surface area contributed by atoms with E-state index in [1.165, 1.54) is 24.3 Å². The van der Waals surface area contributed by atoms with Crippen LogP contribution in [0.25, 0.3) is 0 Å². The number of ether oxygens (including phenoxy) is 2. The Morgan fingerprint density at radius 1 is 0.920 bits per heavy atom. The molecule has 11 heteroatoms. The molecular weight excluding hydrogens is 362 g/mol. The highest BCUT2D eigenvalue weighted by Gasteiger charge is 2.73. The highest BCUT2D eigenvalue weighted by molar-refractivity contribution is 5.21. The van der Waals surface area contributed by atoms with Gasteiger partial charge in [0.15, 0.2) is 0 Å². The van der Waals surface area contributed by atoms with Crippen LogP contribution < -0.4 is 0 Å². The minimum absolute atomic E-state index is 0.0170. The number of benzene rings is 1. The fourth-order valence-corrected chi connectivity index (χ4v) is 1.54. The van der Waals surface area contributed by atoms with Crippen molar-refractivity contribution in [3.63, 3.8) is 0 Å². The third-order valence-electron chi connectivity index (χ3n) is 2.98. The van der Waals surface area contributed by atoms with Gasteiger partial charge in [0, 0.05) is 0 Å². The molecule has 1 unspecified atom stereocenters. The van der Waals surface area contributed by atoms with Crippen molar-refractivity contribution in [1.29, 1.82) is 0 Å². The Morgan fingerprint density at radius 3 is 1.84 bits per heavy atom. The van der Waals surface area contributed by atoms with Crippen LogP contribution >= 0.6 is 0 Å². The van der Waals surface area contributed by atoms with Gasteiger partial charge in [-0.1, -0.05) is 24.3 Å². The van der Waals surface area contributed by atoms with Gasteiger partial charge in [0.05, 0.1) is 26.4 Å². The summed E-state index contributed by atoms with van der Waals surface area (Å²) in [5.41, 5.74) is 0.517. The number of hydrogen-bond donors (Lipinski definition) is 3. The van der Waals surface area contributed by atoms with Crippen molar-refractivity contribution >= 4 is 0 Å². The van der Waals surface area contributed by atoms with Crippen LogP contribution in [0.1, 0.15) is 11.1 Å². The average molecular weight is 378 g/mol. The molecule has 25 heavy (non-hydrogen) atoms. The van der Waals surface area contributed by atoms with E-state index in [4.69, 9.17) is 20.1 Å². The largest absolute Gasteiger partial charge is 0.428 e. The second-order valence-corrected chi connectivity index (χ2v) is 5.09. The Kier molecular flexibility index (Phi) is 7.20. The zero-order valence-corrected chi connectivity index (χ0v) is 12.6. The molecule has 0 amide bonds. The monoisotopic (exact) mass is 378 g/mol. The van der Waals surface area contributed by atoms with Gasteiger partial charge in [-0.15, -0.1) is 0 Å². The van der Waals surface area contributed by atoms with E-state index in [1.54, 1.807) is 0 Å². The molecule has 1 rings (SSSR count). The van der Waals surface area contributed by atoms with Crippen molar-refractivity contribution in [2.75, 3.05) is 13.2 Å². The summed E-state index contributed by atoms with van der Waals surface area (Å²) in [4.78, 5) is 0. The summed E-state index contributed by atoms with van der Waals surface area (Å²) in [5.74, 6) is -6.10. The summed E-state index contributed by atoms with van der Waals surface area (Å²) < 4.78 is 84.6. The van der Waals surface area contributed by atoms with Crippen molar-refractivity contribution in [2.24, 2.45) is 0 Å². The molecule has 1 aromatic carbocycles. The topological polar surface area (TPSA) is 79.2 Å². The second-order valence-electron chi connectivity index (χ2n) is 5.09. The van der Waals surface area contributed by atoms with Crippen molar-refractivity contribution in [2.45, 2.75) is 37.5 Å². The first kappa shape index (κ1) is 21.6. The summed E-state index contributed by atoms with van der Waals surface area (Å²) >= 11 is 0. The number of aliphatic hydroxyl groups is 3. The normalized spacial score (nSPS) is 14.6. The summed E-state index contributed by atoms with van der Waals surface area (Å²) in [7, 11) is 0. The Bertz CT molecular complexity index is 532. The fourth-order valence-electron chi connectivity index (χ4n) is 1.54. The first-order valence-electron chi connectivity index (χ1n) is 6.85. The summed E-state index contributed by atoms with van der Waals surface area (Å²) in [6.07, 6.45) is -12.6. The number of rotatable bonds is 10. The van der Waals surface area contributed by atoms with Crippen LogP contribution in [0.2, 0.25) is 0 Å². The highest BCUT2D eigenvalue weighted by atomic mass is 19.4. The van der Waals surface area contributed by atoms with Crippen LogP contribution in [0, 0.1) is 0 Å². The van der Waals surface area contributed by atoms with Crippen LogP contribution in [-0.4, -0.2) is 52.8 Å². The highest BCUT2D eigenvalue weighted by Crippen LogP contribution is 2.45. The molecule has 3 N–H and O–H groups in total. The third-order valence-corrected chi connectivity index (χ3v) is 2.98. The molecule has 1 aromatic rings. The molecule has 0 bridgehead atoms. The van der Waals surface area contributed by atoms with Crippen molar-refractivity contribution in [3.8, 4) is 0 Å². The molecule has 0 saturated carbocycles. The third kappa shape index (κ3) is 5.82. The van der Waals surface area contributed by atoms with E-state index in [-0.39, 0.29) is 18.8 Å². The van der Waals surface area contributed by atoms with Gasteiger partial charge in [0.2, 0.25) is 0 Å². The molecule has 0 radical (unpaired) electrons. The van der Waals surface area contributed by atoms with Crippen LogP contribution in [0.15, 0.2) is 24.3 Å². The Morgan fingerprint density at radius 2 is 1.40 bits per heavy atom. The first-order valence-corrected chi connectivity index (χ1v) is 6.85. The summed E-state index contributed by atoms with van der Waals surface area (Å²) in [6.45, 7) is -1.72. The van der Waals surface area contributed by atoms with Gasteiger partial charge in [-0.25, -0.2) is 0 Å². The van der Waals surface area contributed by atoms with Crippen LogP contribution in [0.3, 0.4) is 0 Å². The van der Waals surface area contributed by atoms with E-state index < -0.39 is 37.5 Å². The van der Waals surface area contributed by atoms with Crippen molar-refractivity contribution < 1.29 is 51.1 Å². The number of aliphatic hydroxyl groups excluding tert-OH is 2. The SMILES string of the molecule is OCC(O)COCc1ccc(COC(F)(F)C(F)(F)C(O)(F)F)cc1. The molecule has 0 aliphatic carbocycles. The predicted molar refractivity (Wildman–Crippen MR) is 71.0 cm³/mol. The van der Waals surface area contributed by atoms with Gasteiger partial charge in [-0.3, -0.25) is 0 Å². The van der Waals surface area contributed by atoms with E-state index in [1.807, 2.05) is 0 Å². The van der Waals surface area contributed by atoms with Crippen LogP contribution in [0.4, 0.5) is 26.3 Å². The van der Waals surface area contributed by atoms with E-state index in [0.717, 1.165) is 0 Å². The smallest absolute Gasteiger partial charge is 0.394 e. The molecule has 144 valence electrons. The van der Waals surface area contributed by atoms with Crippen LogP contribution in [-0.2, 0) is 22.7 Å². The quantitative estimate of drug-likeness (QED) is 0.542. The zero-order valence-electron chi connectivity index (χ0n) is 12.6. The van der Waals surface area contributed by atoms with Gasteiger partial charge in [0.1, 0.15) is 6.10 Å². The van der Waals surface area contributed by atoms with Gasteiger partial charge >= 0.3 is 18.1 Å². The molecule has 0 saturated heterocycles. The van der Waals surface area contributed by atoms with Gasteiger partial charge in [-0.2, -0.15) is 26.3 Å². The molecular formula is C14H16F6O5. The molecule has 0 aromatic heterocycles. The zero-order chi connectivity index (χ0) is 19.3. The lowest BCUT2D eigenvalue weighted by Crippen LogP contribution is -2.55. The Hall–Kier alpha value is -1.40. The lowest BCUT2D eigenvalue weighted by atomic mass is 10.1. The Balaban J connectivity index is 2.58. The molecule has 0 fully saturated rings. The van der Waals surface area contributed by atoms with Crippen LogP contribution in [0.5, 0.6) is 0 Å². The van der Waals surface area contributed by atoms with Gasteiger partial charge in [-0.05, 0) is 11.1 Å². The standard InChI is InChI=1S/C14H16F6O5/c15-12(16,13(17,18)23)14(19,20)25-7-10-3-1-9(2-4-10)6-24-8-11(22)5-21/h1-4,11,21-23H,5-8H2. The molecule has 0 aliphatic heterocycles.